The third kappa shape index (κ3) is 5.71. The third-order valence-electron chi connectivity index (χ3n) is 2.70. The number of benzene rings is 1. The third-order valence-corrected chi connectivity index (χ3v) is 2.70. The smallest absolute Gasteiger partial charge is 0.313 e. The molecule has 0 aliphatic heterocycles. The van der Waals surface area contributed by atoms with Gasteiger partial charge in [0.2, 0.25) is 0 Å². The zero-order valence-corrected chi connectivity index (χ0v) is 13.0. The summed E-state index contributed by atoms with van der Waals surface area (Å²) in [6.07, 6.45) is -0.571. The molecule has 0 saturated carbocycles. The van der Waals surface area contributed by atoms with Gasteiger partial charge in [-0.2, -0.15) is 0 Å². The first-order valence-corrected chi connectivity index (χ1v) is 7.07. The number of amides is 2. The van der Waals surface area contributed by atoms with E-state index >= 15 is 0 Å². The summed E-state index contributed by atoms with van der Waals surface area (Å²) in [6, 6.07) is 6.83. The van der Waals surface area contributed by atoms with Gasteiger partial charge in [0.15, 0.2) is 6.29 Å². The summed E-state index contributed by atoms with van der Waals surface area (Å²) < 4.78 is 15.7. The number of methoxy groups -OCH3 is 1. The Morgan fingerprint density at radius 2 is 1.73 bits per heavy atom. The van der Waals surface area contributed by atoms with Crippen molar-refractivity contribution >= 4 is 17.5 Å². The first kappa shape index (κ1) is 17.9. The minimum absolute atomic E-state index is 0.0971. The van der Waals surface area contributed by atoms with E-state index in [-0.39, 0.29) is 6.54 Å². The number of carbonyl (C=O) groups excluding carboxylic acids is 2. The van der Waals surface area contributed by atoms with Crippen molar-refractivity contribution in [1.82, 2.24) is 5.32 Å². The second kappa shape index (κ2) is 9.75. The molecule has 0 atom stereocenters. The first-order chi connectivity index (χ1) is 10.6. The van der Waals surface area contributed by atoms with Crippen molar-refractivity contribution in [3.05, 3.63) is 24.3 Å². The molecule has 1 aromatic carbocycles. The maximum absolute atomic E-state index is 11.8. The van der Waals surface area contributed by atoms with Gasteiger partial charge >= 0.3 is 11.8 Å². The van der Waals surface area contributed by atoms with E-state index in [1.54, 1.807) is 24.3 Å². The van der Waals surface area contributed by atoms with E-state index < -0.39 is 18.1 Å². The predicted molar refractivity (Wildman–Crippen MR) is 81.7 cm³/mol. The lowest BCUT2D eigenvalue weighted by atomic mass is 10.3. The molecule has 0 aliphatic rings. The molecule has 0 aliphatic carbocycles. The lowest BCUT2D eigenvalue weighted by Gasteiger charge is -2.17. The molecule has 0 aromatic heterocycles. The van der Waals surface area contributed by atoms with E-state index in [9.17, 15) is 9.59 Å². The van der Waals surface area contributed by atoms with E-state index in [1.807, 2.05) is 13.8 Å². The van der Waals surface area contributed by atoms with Gasteiger partial charge in [-0.3, -0.25) is 9.59 Å². The molecular formula is C15H22N2O5. The van der Waals surface area contributed by atoms with Gasteiger partial charge in [-0.15, -0.1) is 0 Å². The van der Waals surface area contributed by atoms with Crippen LogP contribution in [0.2, 0.25) is 0 Å². The SMILES string of the molecule is CCOC(CNC(=O)C(=O)Nc1ccccc1OC)OCC. The summed E-state index contributed by atoms with van der Waals surface area (Å²) in [4.78, 5) is 23.6. The van der Waals surface area contributed by atoms with E-state index in [1.165, 1.54) is 7.11 Å². The average molecular weight is 310 g/mol. The fraction of sp³-hybridized carbons (Fsp3) is 0.467. The standard InChI is InChI=1S/C15H22N2O5/c1-4-21-13(22-5-2)10-16-14(18)15(19)17-11-8-6-7-9-12(11)20-3/h6-9,13H,4-5,10H2,1-3H3,(H,16,18)(H,17,19). The molecule has 0 bridgehead atoms. The van der Waals surface area contributed by atoms with Crippen LogP contribution in [0.1, 0.15) is 13.8 Å². The number of nitrogens with one attached hydrogen (secondary N) is 2. The van der Waals surface area contributed by atoms with Gasteiger partial charge in [0, 0.05) is 13.2 Å². The minimum atomic E-state index is -0.781. The largest absolute Gasteiger partial charge is 0.495 e. The number of anilines is 1. The number of carbonyl (C=O) groups is 2. The molecule has 0 fully saturated rings. The van der Waals surface area contributed by atoms with E-state index in [0.29, 0.717) is 24.7 Å². The molecule has 2 N–H and O–H groups in total. The summed E-state index contributed by atoms with van der Waals surface area (Å²) in [6.45, 7) is 4.65. The predicted octanol–water partition coefficient (Wildman–Crippen LogP) is 1.15. The Kier molecular flexibility index (Phi) is 7.95. The summed E-state index contributed by atoms with van der Waals surface area (Å²) >= 11 is 0. The molecule has 0 heterocycles. The molecule has 22 heavy (non-hydrogen) atoms. The van der Waals surface area contributed by atoms with Gasteiger partial charge < -0.3 is 24.8 Å². The van der Waals surface area contributed by atoms with Gasteiger partial charge in [0.05, 0.1) is 19.3 Å². The molecule has 0 unspecified atom stereocenters. The Balaban J connectivity index is 2.52. The van der Waals surface area contributed by atoms with Crippen LogP contribution in [0, 0.1) is 0 Å². The van der Waals surface area contributed by atoms with Crippen molar-refractivity contribution in [2.45, 2.75) is 20.1 Å². The Labute approximate surface area is 129 Å². The normalized spacial score (nSPS) is 10.4. The molecule has 7 nitrogen and oxygen atoms in total. The highest BCUT2D eigenvalue weighted by Gasteiger charge is 2.17. The van der Waals surface area contributed by atoms with Crippen molar-refractivity contribution in [2.75, 3.05) is 32.2 Å². The Morgan fingerprint density at radius 1 is 1.09 bits per heavy atom. The Bertz CT molecular complexity index is 487. The highest BCUT2D eigenvalue weighted by Crippen LogP contribution is 2.22. The number of para-hydroxylation sites is 2. The van der Waals surface area contributed by atoms with Gasteiger partial charge in [-0.25, -0.2) is 0 Å². The Hall–Kier alpha value is -2.12. The van der Waals surface area contributed by atoms with Crippen LogP contribution in [0.25, 0.3) is 0 Å². The lowest BCUT2D eigenvalue weighted by Crippen LogP contribution is -2.41. The van der Waals surface area contributed by atoms with Crippen LogP contribution in [0.4, 0.5) is 5.69 Å². The quantitative estimate of drug-likeness (QED) is 0.556. The van der Waals surface area contributed by atoms with E-state index in [4.69, 9.17) is 14.2 Å². The zero-order chi connectivity index (χ0) is 16.4. The molecule has 7 heteroatoms. The molecule has 2 amide bonds. The van der Waals surface area contributed by atoms with Crippen LogP contribution in [0.15, 0.2) is 24.3 Å². The van der Waals surface area contributed by atoms with Crippen LogP contribution >= 0.6 is 0 Å². The maximum Gasteiger partial charge on any atom is 0.313 e. The number of rotatable bonds is 8. The second-order valence-electron chi connectivity index (χ2n) is 4.20. The monoisotopic (exact) mass is 310 g/mol. The van der Waals surface area contributed by atoms with Crippen LogP contribution in [0.3, 0.4) is 0 Å². The number of hydrogen-bond donors (Lipinski definition) is 2. The minimum Gasteiger partial charge on any atom is -0.495 e. The maximum atomic E-state index is 11.8. The molecule has 122 valence electrons. The van der Waals surface area contributed by atoms with Crippen LogP contribution in [-0.4, -0.2) is 45.0 Å². The van der Waals surface area contributed by atoms with E-state index in [2.05, 4.69) is 10.6 Å². The number of hydrogen-bond acceptors (Lipinski definition) is 5. The molecule has 1 aromatic rings. The van der Waals surface area contributed by atoms with Gasteiger partial charge in [-0.1, -0.05) is 12.1 Å². The van der Waals surface area contributed by atoms with Gasteiger partial charge in [-0.05, 0) is 26.0 Å². The highest BCUT2D eigenvalue weighted by molar-refractivity contribution is 6.39. The average Bonchev–Trinajstić information content (AvgIpc) is 2.53. The highest BCUT2D eigenvalue weighted by atomic mass is 16.7. The topological polar surface area (TPSA) is 85.9 Å². The summed E-state index contributed by atoms with van der Waals surface area (Å²) in [5, 5.41) is 4.96. The van der Waals surface area contributed by atoms with Crippen molar-refractivity contribution in [3.8, 4) is 5.75 Å². The van der Waals surface area contributed by atoms with Crippen molar-refractivity contribution in [3.63, 3.8) is 0 Å². The van der Waals surface area contributed by atoms with Crippen molar-refractivity contribution in [2.24, 2.45) is 0 Å². The van der Waals surface area contributed by atoms with Crippen molar-refractivity contribution in [1.29, 1.82) is 0 Å². The van der Waals surface area contributed by atoms with Gasteiger partial charge in [0.25, 0.3) is 0 Å². The summed E-state index contributed by atoms with van der Waals surface area (Å²) in [5.41, 5.74) is 0.427. The van der Waals surface area contributed by atoms with Crippen molar-refractivity contribution < 1.29 is 23.8 Å². The number of ether oxygens (including phenoxy) is 3. The fourth-order valence-electron chi connectivity index (χ4n) is 1.72. The van der Waals surface area contributed by atoms with Crippen LogP contribution in [0.5, 0.6) is 5.75 Å². The summed E-state index contributed by atoms with van der Waals surface area (Å²) in [5.74, 6) is -1.07. The van der Waals surface area contributed by atoms with Gasteiger partial charge in [0.1, 0.15) is 5.75 Å². The van der Waals surface area contributed by atoms with Crippen LogP contribution in [-0.2, 0) is 19.1 Å². The lowest BCUT2D eigenvalue weighted by molar-refractivity contribution is -0.145. The van der Waals surface area contributed by atoms with E-state index in [0.717, 1.165) is 0 Å². The zero-order valence-electron chi connectivity index (χ0n) is 13.0. The molecule has 1 rings (SSSR count). The van der Waals surface area contributed by atoms with Crippen LogP contribution < -0.4 is 15.4 Å². The Morgan fingerprint density at radius 3 is 2.32 bits per heavy atom. The second-order valence-corrected chi connectivity index (χ2v) is 4.20. The summed E-state index contributed by atoms with van der Waals surface area (Å²) in [7, 11) is 1.49. The molecule has 0 radical (unpaired) electrons. The first-order valence-electron chi connectivity index (χ1n) is 7.07. The fourth-order valence-corrected chi connectivity index (χ4v) is 1.72. The molecular weight excluding hydrogens is 288 g/mol. The molecule has 0 saturated heterocycles. The molecule has 0 spiro atoms.